The van der Waals surface area contributed by atoms with Gasteiger partial charge in [0.1, 0.15) is 11.5 Å². The third kappa shape index (κ3) is 5.93. The molecule has 1 aromatic heterocycles. The molecule has 2 aromatic carbocycles. The topological polar surface area (TPSA) is 135 Å². The number of hydrogen-bond donors (Lipinski definition) is 1. The van der Waals surface area contributed by atoms with E-state index in [1.807, 2.05) is 4.90 Å². The van der Waals surface area contributed by atoms with Crippen LogP contribution in [0.25, 0.3) is 11.3 Å². The van der Waals surface area contributed by atoms with Crippen molar-refractivity contribution >= 4 is 43.8 Å². The van der Waals surface area contributed by atoms with Crippen LogP contribution in [0.1, 0.15) is 12.8 Å². The van der Waals surface area contributed by atoms with Crippen molar-refractivity contribution in [3.05, 3.63) is 63.8 Å². The van der Waals surface area contributed by atoms with Crippen LogP contribution in [0.3, 0.4) is 0 Å². The van der Waals surface area contributed by atoms with Crippen LogP contribution in [0.2, 0.25) is 0 Å². The van der Waals surface area contributed by atoms with Gasteiger partial charge in [-0.15, -0.1) is 11.3 Å². The van der Waals surface area contributed by atoms with Gasteiger partial charge < -0.3 is 15.0 Å². The number of rotatable bonds is 7. The van der Waals surface area contributed by atoms with E-state index in [4.69, 9.17) is 4.74 Å². The quantitative estimate of drug-likeness (QED) is 0.333. The van der Waals surface area contributed by atoms with Crippen LogP contribution in [0.4, 0.5) is 20.9 Å². The zero-order valence-corrected chi connectivity index (χ0v) is 22.4. The lowest BCUT2D eigenvalue weighted by Crippen LogP contribution is -2.40. The lowest BCUT2D eigenvalue weighted by atomic mass is 9.95. The number of aromatic nitrogens is 1. The van der Waals surface area contributed by atoms with Gasteiger partial charge in [-0.3, -0.25) is 14.9 Å². The van der Waals surface area contributed by atoms with Crippen molar-refractivity contribution < 1.29 is 27.3 Å². The number of amides is 1. The smallest absolute Gasteiger partial charge is 0.293 e. The Morgan fingerprint density at radius 2 is 1.79 bits per heavy atom. The number of anilines is 2. The van der Waals surface area contributed by atoms with Crippen LogP contribution in [0.5, 0.6) is 0 Å². The predicted molar refractivity (Wildman–Crippen MR) is 144 cm³/mol. The molecule has 1 amide bonds. The van der Waals surface area contributed by atoms with Crippen molar-refractivity contribution in [2.75, 3.05) is 49.6 Å². The van der Waals surface area contributed by atoms with Crippen LogP contribution in [-0.4, -0.2) is 67.9 Å². The Labute approximate surface area is 228 Å². The molecule has 3 aromatic rings. The highest BCUT2D eigenvalue weighted by atomic mass is 32.2. The lowest BCUT2D eigenvalue weighted by molar-refractivity contribution is -0.384. The third-order valence-corrected chi connectivity index (χ3v) is 9.48. The fourth-order valence-electron chi connectivity index (χ4n) is 4.69. The van der Waals surface area contributed by atoms with E-state index in [2.05, 4.69) is 10.3 Å². The monoisotopic (exact) mass is 575 g/mol. The maximum atomic E-state index is 13.2. The first-order chi connectivity index (χ1) is 18.7. The molecule has 206 valence electrons. The number of morpholine rings is 1. The molecular formula is C25H26FN5O6S2. The van der Waals surface area contributed by atoms with E-state index in [0.29, 0.717) is 42.4 Å². The van der Waals surface area contributed by atoms with Crippen molar-refractivity contribution in [1.29, 1.82) is 0 Å². The fraction of sp³-hybridized carbons (Fsp3) is 0.360. The molecule has 0 atom stereocenters. The van der Waals surface area contributed by atoms with Crippen LogP contribution < -0.4 is 10.2 Å². The molecule has 0 saturated carbocycles. The molecule has 2 aliphatic rings. The zero-order valence-electron chi connectivity index (χ0n) is 20.8. The summed E-state index contributed by atoms with van der Waals surface area (Å²) in [5, 5.41) is 16.9. The molecule has 0 aliphatic carbocycles. The van der Waals surface area contributed by atoms with Crippen molar-refractivity contribution in [2.24, 2.45) is 5.92 Å². The normalized spacial score (nSPS) is 17.2. The number of nitrogens with one attached hydrogen (secondary N) is 1. The first-order valence-electron chi connectivity index (χ1n) is 12.4. The van der Waals surface area contributed by atoms with Crippen LogP contribution in [-0.2, 0) is 19.6 Å². The number of thiazole rings is 1. The fourth-order valence-corrected chi connectivity index (χ4v) is 6.84. The maximum Gasteiger partial charge on any atom is 0.293 e. The minimum Gasteiger partial charge on any atom is -0.379 e. The Kier molecular flexibility index (Phi) is 7.88. The summed E-state index contributed by atoms with van der Waals surface area (Å²) >= 11 is 1.28. The summed E-state index contributed by atoms with van der Waals surface area (Å²) in [7, 11) is -3.88. The van der Waals surface area contributed by atoms with E-state index in [1.165, 1.54) is 39.9 Å². The third-order valence-electron chi connectivity index (χ3n) is 6.83. The molecule has 0 bridgehead atoms. The number of carbonyl (C=O) groups is 1. The molecule has 2 aliphatic heterocycles. The second-order valence-electron chi connectivity index (χ2n) is 9.22. The zero-order chi connectivity index (χ0) is 27.6. The molecule has 0 radical (unpaired) electrons. The number of nitrogens with zero attached hydrogens (tertiary/aromatic N) is 4. The van der Waals surface area contributed by atoms with E-state index in [-0.39, 0.29) is 54.5 Å². The average Bonchev–Trinajstić information content (AvgIpc) is 3.42. The van der Waals surface area contributed by atoms with Crippen molar-refractivity contribution in [1.82, 2.24) is 9.29 Å². The largest absolute Gasteiger partial charge is 0.379 e. The van der Waals surface area contributed by atoms with Gasteiger partial charge in [0.2, 0.25) is 15.9 Å². The molecule has 2 fully saturated rings. The Hall–Kier alpha value is -3.46. The van der Waals surface area contributed by atoms with E-state index in [9.17, 15) is 27.7 Å². The number of sulfonamides is 1. The highest BCUT2D eigenvalue weighted by Crippen LogP contribution is 2.35. The minimum absolute atomic E-state index is 0.127. The Morgan fingerprint density at radius 1 is 1.10 bits per heavy atom. The number of nitro groups is 1. The van der Waals surface area contributed by atoms with Crippen LogP contribution in [0, 0.1) is 21.8 Å². The number of carbonyl (C=O) groups excluding carboxylic acids is 1. The highest BCUT2D eigenvalue weighted by Gasteiger charge is 2.32. The van der Waals surface area contributed by atoms with Crippen molar-refractivity contribution in [3.8, 4) is 11.3 Å². The second-order valence-corrected chi connectivity index (χ2v) is 12.0. The van der Waals surface area contributed by atoms with Gasteiger partial charge in [-0.25, -0.2) is 17.8 Å². The lowest BCUT2D eigenvalue weighted by Gasteiger charge is -2.32. The second kappa shape index (κ2) is 11.3. The molecular weight excluding hydrogens is 549 g/mol. The summed E-state index contributed by atoms with van der Waals surface area (Å²) in [5.74, 6) is -0.830. The van der Waals surface area contributed by atoms with Crippen molar-refractivity contribution in [3.63, 3.8) is 0 Å². The highest BCUT2D eigenvalue weighted by molar-refractivity contribution is 7.89. The average molecular weight is 576 g/mol. The summed E-state index contributed by atoms with van der Waals surface area (Å²) in [6.45, 7) is 1.74. The molecule has 14 heteroatoms. The van der Waals surface area contributed by atoms with E-state index in [0.717, 1.165) is 11.6 Å². The van der Waals surface area contributed by atoms with Gasteiger partial charge in [0.25, 0.3) is 5.69 Å². The van der Waals surface area contributed by atoms with Gasteiger partial charge in [0, 0.05) is 49.1 Å². The molecule has 5 rings (SSSR count). The molecule has 11 nitrogen and oxygen atoms in total. The molecule has 39 heavy (non-hydrogen) atoms. The van der Waals surface area contributed by atoms with E-state index >= 15 is 0 Å². The Balaban J connectivity index is 1.23. The molecule has 1 N–H and O–H groups in total. The van der Waals surface area contributed by atoms with Gasteiger partial charge in [-0.2, -0.15) is 4.31 Å². The SMILES string of the molecule is O=C(Nc1nc(-c2ccc(F)cc2)cs1)C1CCN(c2ccc(S(=O)(=O)N3CCOCC3)cc2[N+](=O)[O-])CC1. The number of benzene rings is 2. The maximum absolute atomic E-state index is 13.2. The summed E-state index contributed by atoms with van der Waals surface area (Å²) in [6, 6.07) is 9.92. The number of ether oxygens (including phenoxy) is 1. The van der Waals surface area contributed by atoms with Crippen LogP contribution in [0.15, 0.2) is 52.7 Å². The predicted octanol–water partition coefficient (Wildman–Crippen LogP) is 3.73. The number of halogens is 1. The van der Waals surface area contributed by atoms with Gasteiger partial charge >= 0.3 is 0 Å². The summed E-state index contributed by atoms with van der Waals surface area (Å²) in [5.41, 5.74) is 1.41. The first-order valence-corrected chi connectivity index (χ1v) is 14.7. The number of nitro benzene ring substituents is 1. The summed E-state index contributed by atoms with van der Waals surface area (Å²) < 4.78 is 45.6. The minimum atomic E-state index is -3.88. The van der Waals surface area contributed by atoms with Gasteiger partial charge in [0.15, 0.2) is 5.13 Å². The number of piperidine rings is 1. The van der Waals surface area contributed by atoms with Gasteiger partial charge in [-0.05, 0) is 49.2 Å². The van der Waals surface area contributed by atoms with Gasteiger partial charge in [-0.1, -0.05) is 0 Å². The van der Waals surface area contributed by atoms with E-state index < -0.39 is 14.9 Å². The molecule has 0 unspecified atom stereocenters. The van der Waals surface area contributed by atoms with Crippen molar-refractivity contribution in [2.45, 2.75) is 17.7 Å². The van der Waals surface area contributed by atoms with E-state index in [1.54, 1.807) is 17.5 Å². The Bertz CT molecular complexity index is 1470. The number of hydrogen-bond acceptors (Lipinski definition) is 9. The van der Waals surface area contributed by atoms with Gasteiger partial charge in [0.05, 0.1) is 28.7 Å². The molecule has 2 saturated heterocycles. The summed E-state index contributed by atoms with van der Waals surface area (Å²) in [6.07, 6.45) is 0.931. The molecule has 3 heterocycles. The summed E-state index contributed by atoms with van der Waals surface area (Å²) in [4.78, 5) is 30.3. The molecule has 0 spiro atoms. The standard InChI is InChI=1S/C25H26FN5O6S2/c26-19-3-1-17(2-4-19)21-16-38-25(27-21)28-24(32)18-7-9-29(10-8-18)22-6-5-20(15-23(22)31(33)34)39(35,36)30-11-13-37-14-12-30/h1-6,15-16,18H,7-14H2,(H,27,28,32). The first kappa shape index (κ1) is 27.1. The van der Waals surface area contributed by atoms with Crippen LogP contribution >= 0.6 is 11.3 Å². The Morgan fingerprint density at radius 3 is 2.46 bits per heavy atom.